The van der Waals surface area contributed by atoms with Crippen molar-refractivity contribution in [3.8, 4) is 0 Å². The molecule has 3 rings (SSSR count). The second kappa shape index (κ2) is 9.05. The molecule has 30 heavy (non-hydrogen) atoms. The first-order chi connectivity index (χ1) is 14.1. The SMILES string of the molecule is Cc1cc(C)c(C(=O)[P+](=O)c2c(Br)ccc(C(=O)c3ccccc3)c2Br)c(C)c1C. The molecule has 1 unspecified atom stereocenters. The van der Waals surface area contributed by atoms with E-state index in [0.717, 1.165) is 22.3 Å². The second-order valence-corrected chi connectivity index (χ2v) is 10.3. The van der Waals surface area contributed by atoms with E-state index in [2.05, 4.69) is 31.9 Å². The van der Waals surface area contributed by atoms with Gasteiger partial charge in [0.05, 0.1) is 14.5 Å². The molecule has 0 N–H and O–H groups in total. The van der Waals surface area contributed by atoms with Gasteiger partial charge in [-0.05, 0) is 93.9 Å². The van der Waals surface area contributed by atoms with Gasteiger partial charge in [-0.3, -0.25) is 4.79 Å². The molecule has 0 bridgehead atoms. The van der Waals surface area contributed by atoms with Gasteiger partial charge >= 0.3 is 13.3 Å². The second-order valence-electron chi connectivity index (χ2n) is 7.19. The first kappa shape index (κ1) is 22.7. The Hall–Kier alpha value is -1.94. The van der Waals surface area contributed by atoms with E-state index in [1.807, 2.05) is 39.8 Å². The fraction of sp³-hybridized carbons (Fsp3) is 0.167. The Balaban J connectivity index is 2.11. The van der Waals surface area contributed by atoms with E-state index in [-0.39, 0.29) is 5.78 Å². The van der Waals surface area contributed by atoms with Crippen molar-refractivity contribution in [1.82, 2.24) is 0 Å². The number of carbonyl (C=O) groups excluding carboxylic acids is 2. The molecule has 0 saturated carbocycles. The third-order valence-corrected chi connectivity index (χ3v) is 8.87. The average Bonchev–Trinajstić information content (AvgIpc) is 2.72. The molecule has 3 aromatic rings. The normalized spacial score (nSPS) is 11.3. The first-order valence-corrected chi connectivity index (χ1v) is 12.2. The molecule has 0 fully saturated rings. The van der Waals surface area contributed by atoms with Crippen molar-refractivity contribution in [3.05, 3.63) is 96.4 Å². The maximum atomic E-state index is 13.4. The molecule has 0 aromatic heterocycles. The molecule has 0 aliphatic rings. The molecule has 0 radical (unpaired) electrons. The minimum atomic E-state index is -2.45. The Labute approximate surface area is 193 Å². The van der Waals surface area contributed by atoms with Crippen LogP contribution in [0, 0.1) is 27.7 Å². The minimum Gasteiger partial charge on any atom is -0.289 e. The predicted molar refractivity (Wildman–Crippen MR) is 129 cm³/mol. The summed E-state index contributed by atoms with van der Waals surface area (Å²) in [7, 11) is -2.45. The lowest BCUT2D eigenvalue weighted by molar-refractivity contribution is 0.103. The summed E-state index contributed by atoms with van der Waals surface area (Å²) in [5.74, 6) is -0.203. The Kier molecular flexibility index (Phi) is 6.86. The number of rotatable bonds is 5. The Morgan fingerprint density at radius 1 is 0.833 bits per heavy atom. The number of halogens is 2. The van der Waals surface area contributed by atoms with E-state index < -0.39 is 13.3 Å². The van der Waals surface area contributed by atoms with Gasteiger partial charge in [-0.15, -0.1) is 0 Å². The maximum absolute atomic E-state index is 13.4. The van der Waals surface area contributed by atoms with Gasteiger partial charge in [-0.1, -0.05) is 41.0 Å². The van der Waals surface area contributed by atoms with Crippen molar-refractivity contribution in [2.24, 2.45) is 0 Å². The molecule has 152 valence electrons. The molecular formula is C24H20Br2O3P+. The number of aryl methyl sites for hydroxylation is 2. The van der Waals surface area contributed by atoms with Crippen LogP contribution in [0.3, 0.4) is 0 Å². The van der Waals surface area contributed by atoms with Crippen LogP contribution in [0.1, 0.15) is 48.5 Å². The van der Waals surface area contributed by atoms with Crippen molar-refractivity contribution in [2.75, 3.05) is 0 Å². The number of benzene rings is 3. The summed E-state index contributed by atoms with van der Waals surface area (Å²) in [6.45, 7) is 7.69. The van der Waals surface area contributed by atoms with Crippen LogP contribution in [0.4, 0.5) is 0 Å². The van der Waals surface area contributed by atoms with Crippen molar-refractivity contribution in [3.63, 3.8) is 0 Å². The van der Waals surface area contributed by atoms with Gasteiger partial charge in [0.1, 0.15) is 0 Å². The smallest absolute Gasteiger partial charge is 0.289 e. The third kappa shape index (κ3) is 4.12. The molecule has 0 aliphatic carbocycles. The van der Waals surface area contributed by atoms with Gasteiger partial charge in [0, 0.05) is 11.1 Å². The van der Waals surface area contributed by atoms with Gasteiger partial charge in [-0.2, -0.15) is 0 Å². The molecule has 3 aromatic carbocycles. The van der Waals surface area contributed by atoms with Crippen LogP contribution < -0.4 is 5.30 Å². The maximum Gasteiger partial charge on any atom is 0.461 e. The topological polar surface area (TPSA) is 51.2 Å². The summed E-state index contributed by atoms with van der Waals surface area (Å²) in [6, 6.07) is 14.1. The highest BCUT2D eigenvalue weighted by Crippen LogP contribution is 2.38. The molecule has 0 spiro atoms. The minimum absolute atomic E-state index is 0.203. The van der Waals surface area contributed by atoms with Crippen LogP contribution in [0.15, 0.2) is 57.5 Å². The van der Waals surface area contributed by atoms with E-state index in [0.29, 0.717) is 30.9 Å². The third-order valence-electron chi connectivity index (χ3n) is 5.31. The van der Waals surface area contributed by atoms with E-state index in [1.165, 1.54) is 0 Å². The summed E-state index contributed by atoms with van der Waals surface area (Å²) in [5.41, 5.74) is 4.68. The summed E-state index contributed by atoms with van der Waals surface area (Å²) in [5, 5.41) is 0.300. The summed E-state index contributed by atoms with van der Waals surface area (Å²) >= 11 is 6.86. The lowest BCUT2D eigenvalue weighted by Gasteiger charge is -2.11. The van der Waals surface area contributed by atoms with Crippen LogP contribution in [0.5, 0.6) is 0 Å². The Bertz CT molecular complexity index is 1200. The van der Waals surface area contributed by atoms with Crippen LogP contribution in [0.25, 0.3) is 0 Å². The summed E-state index contributed by atoms with van der Waals surface area (Å²) < 4.78 is 14.3. The van der Waals surface area contributed by atoms with Gasteiger partial charge in [0.25, 0.3) is 0 Å². The lowest BCUT2D eigenvalue weighted by atomic mass is 9.95. The van der Waals surface area contributed by atoms with Crippen molar-refractivity contribution in [2.45, 2.75) is 27.7 Å². The van der Waals surface area contributed by atoms with Gasteiger partial charge in [-0.25, -0.2) is 4.79 Å². The zero-order valence-corrected chi connectivity index (χ0v) is 21.1. The molecule has 1 atom stereocenters. The van der Waals surface area contributed by atoms with Gasteiger partial charge in [0.15, 0.2) is 5.78 Å². The molecule has 0 amide bonds. The molecule has 6 heteroatoms. The highest BCUT2D eigenvalue weighted by molar-refractivity contribution is 9.11. The summed E-state index contributed by atoms with van der Waals surface area (Å²) in [4.78, 5) is 26.3. The van der Waals surface area contributed by atoms with E-state index >= 15 is 0 Å². The summed E-state index contributed by atoms with van der Waals surface area (Å²) in [6.07, 6.45) is 0. The quantitative estimate of drug-likeness (QED) is 0.256. The standard InChI is InChI=1S/C24H20Br2O3P/c1-13-12-14(2)20(16(4)15(13)3)24(28)30(29)23-19(25)11-10-18(21(23)26)22(27)17-8-6-5-7-9-17/h5-12H,1-4H3/q+1. The first-order valence-electron chi connectivity index (χ1n) is 9.31. The van der Waals surface area contributed by atoms with Crippen LogP contribution in [0.2, 0.25) is 0 Å². The lowest BCUT2D eigenvalue weighted by Crippen LogP contribution is -2.14. The van der Waals surface area contributed by atoms with Crippen molar-refractivity contribution < 1.29 is 14.2 Å². The van der Waals surface area contributed by atoms with E-state index in [1.54, 1.807) is 36.4 Å². The number of hydrogen-bond acceptors (Lipinski definition) is 3. The van der Waals surface area contributed by atoms with E-state index in [4.69, 9.17) is 0 Å². The molecule has 0 heterocycles. The molecular weight excluding hydrogens is 527 g/mol. The zero-order chi connectivity index (χ0) is 22.2. The highest BCUT2D eigenvalue weighted by Gasteiger charge is 2.40. The van der Waals surface area contributed by atoms with Gasteiger partial charge in [0.2, 0.25) is 5.30 Å². The van der Waals surface area contributed by atoms with Crippen molar-refractivity contribution in [1.29, 1.82) is 0 Å². The number of ketones is 1. The van der Waals surface area contributed by atoms with Crippen molar-refractivity contribution >= 4 is 56.3 Å². The highest BCUT2D eigenvalue weighted by atomic mass is 79.9. The number of hydrogen-bond donors (Lipinski definition) is 0. The van der Waals surface area contributed by atoms with Gasteiger partial charge < -0.3 is 0 Å². The molecule has 0 aliphatic heterocycles. The molecule has 3 nitrogen and oxygen atoms in total. The Morgan fingerprint density at radius 3 is 2.10 bits per heavy atom. The fourth-order valence-electron chi connectivity index (χ4n) is 3.46. The number of carbonyl (C=O) groups is 2. The predicted octanol–water partition coefficient (Wildman–Crippen LogP) is 6.97. The average molecular weight is 547 g/mol. The Morgan fingerprint density at radius 2 is 1.47 bits per heavy atom. The van der Waals surface area contributed by atoms with E-state index in [9.17, 15) is 14.2 Å². The van der Waals surface area contributed by atoms with Crippen LogP contribution in [-0.4, -0.2) is 11.3 Å². The zero-order valence-electron chi connectivity index (χ0n) is 17.0. The fourth-order valence-corrected chi connectivity index (χ4v) is 6.87. The molecule has 0 saturated heterocycles. The largest absolute Gasteiger partial charge is 0.461 e. The monoisotopic (exact) mass is 545 g/mol. The van der Waals surface area contributed by atoms with Crippen LogP contribution >= 0.6 is 39.7 Å². The van der Waals surface area contributed by atoms with Crippen LogP contribution in [-0.2, 0) is 4.57 Å².